The summed E-state index contributed by atoms with van der Waals surface area (Å²) in [4.78, 5) is 37.1. The Hall–Kier alpha value is -3.17. The zero-order chi connectivity index (χ0) is 21.3. The fourth-order valence-electron chi connectivity index (χ4n) is 3.33. The number of aromatic nitrogens is 5. The van der Waals surface area contributed by atoms with Crippen LogP contribution in [0.4, 0.5) is 0 Å². The molecule has 2 aromatic rings. The lowest BCUT2D eigenvalue weighted by Gasteiger charge is -2.25. The van der Waals surface area contributed by atoms with Crippen LogP contribution in [-0.2, 0) is 29.0 Å². The predicted octanol–water partition coefficient (Wildman–Crippen LogP) is 0.575. The summed E-state index contributed by atoms with van der Waals surface area (Å²) in [5, 5.41) is 18.6. The number of hydrogen-bond donors (Lipinski definition) is 1. The van der Waals surface area contributed by atoms with E-state index in [1.807, 2.05) is 12.1 Å². The summed E-state index contributed by atoms with van der Waals surface area (Å²) in [6, 6.07) is 3.71. The third-order valence-corrected chi connectivity index (χ3v) is 5.01. The van der Waals surface area contributed by atoms with Crippen LogP contribution < -0.4 is 5.32 Å². The van der Waals surface area contributed by atoms with Gasteiger partial charge in [0.25, 0.3) is 5.91 Å². The number of ketones is 1. The second-order valence-corrected chi connectivity index (χ2v) is 7.41. The molecule has 0 radical (unpaired) electrons. The summed E-state index contributed by atoms with van der Waals surface area (Å²) in [5.74, 6) is -0.208. The highest BCUT2D eigenvalue weighted by Gasteiger charge is 2.20. The summed E-state index contributed by atoms with van der Waals surface area (Å²) in [6.07, 6.45) is 6.74. The largest absolute Gasteiger partial charge is 0.354 e. The summed E-state index contributed by atoms with van der Waals surface area (Å²) in [7, 11) is 1.55. The molecule has 30 heavy (non-hydrogen) atoms. The molecule has 160 valence electrons. The highest BCUT2D eigenvalue weighted by molar-refractivity contribution is 5.91. The van der Waals surface area contributed by atoms with Gasteiger partial charge in [-0.25, -0.2) is 0 Å². The molecule has 2 amide bonds. The maximum Gasteiger partial charge on any atom is 0.273 e. The third kappa shape index (κ3) is 6.16. The molecule has 0 aromatic carbocycles. The number of unbranched alkanes of at least 4 members (excludes halogenated alkanes) is 1. The van der Waals surface area contributed by atoms with Crippen molar-refractivity contribution in [3.05, 3.63) is 35.4 Å². The first-order chi connectivity index (χ1) is 14.5. The maximum atomic E-state index is 12.2. The van der Waals surface area contributed by atoms with Crippen molar-refractivity contribution in [3.63, 3.8) is 0 Å². The summed E-state index contributed by atoms with van der Waals surface area (Å²) in [6.45, 7) is 1.49. The van der Waals surface area contributed by atoms with Gasteiger partial charge in [0.05, 0.1) is 30.6 Å². The molecule has 1 saturated heterocycles. The highest BCUT2D eigenvalue weighted by atomic mass is 16.2. The van der Waals surface area contributed by atoms with Gasteiger partial charge in [-0.05, 0) is 44.2 Å². The number of Topliss-reactive ketones (excluding diaryl/α,β-unsaturated/α-hetero) is 1. The SMILES string of the molecule is CNC(=O)c1cn(CCCCc2ccc(CC(=O)CN3CCCCC3=O)nn2)nn1. The fourth-order valence-corrected chi connectivity index (χ4v) is 3.33. The molecule has 0 unspecified atom stereocenters. The van der Waals surface area contributed by atoms with E-state index in [1.165, 1.54) is 0 Å². The van der Waals surface area contributed by atoms with Gasteiger partial charge in [0.2, 0.25) is 5.91 Å². The Bertz CT molecular complexity index is 879. The monoisotopic (exact) mass is 413 g/mol. The third-order valence-electron chi connectivity index (χ3n) is 5.01. The zero-order valence-corrected chi connectivity index (χ0v) is 17.2. The molecule has 3 rings (SSSR count). The molecule has 0 spiro atoms. The second-order valence-electron chi connectivity index (χ2n) is 7.41. The molecule has 0 bridgehead atoms. The van der Waals surface area contributed by atoms with Crippen molar-refractivity contribution in [2.75, 3.05) is 20.1 Å². The standard InChI is InChI=1S/C20H27N7O3/c1-21-20(30)18-14-27(25-24-18)11-5-2-6-15-8-9-16(23-22-15)12-17(28)13-26-10-4-3-7-19(26)29/h8-9,14H,2-7,10-13H2,1H3,(H,21,30). The first kappa shape index (κ1) is 21.5. The van der Waals surface area contributed by atoms with Gasteiger partial charge in [-0.2, -0.15) is 10.2 Å². The number of piperidine rings is 1. The molecule has 1 aliphatic rings. The van der Waals surface area contributed by atoms with Crippen molar-refractivity contribution >= 4 is 17.6 Å². The molecule has 0 aliphatic carbocycles. The van der Waals surface area contributed by atoms with Gasteiger partial charge in [-0.1, -0.05) is 5.21 Å². The first-order valence-corrected chi connectivity index (χ1v) is 10.3. The smallest absolute Gasteiger partial charge is 0.273 e. The molecule has 3 heterocycles. The van der Waals surface area contributed by atoms with Crippen molar-refractivity contribution in [3.8, 4) is 0 Å². The molecular weight excluding hydrogens is 386 g/mol. The molecule has 1 N–H and O–H groups in total. The lowest BCUT2D eigenvalue weighted by atomic mass is 10.1. The average molecular weight is 413 g/mol. The van der Waals surface area contributed by atoms with E-state index in [-0.39, 0.29) is 30.6 Å². The van der Waals surface area contributed by atoms with Gasteiger partial charge in [0.15, 0.2) is 11.5 Å². The molecule has 0 atom stereocenters. The number of rotatable bonds is 10. The number of likely N-dealkylation sites (tertiary alicyclic amines) is 1. The minimum Gasteiger partial charge on any atom is -0.354 e. The number of nitrogens with zero attached hydrogens (tertiary/aromatic N) is 6. The minimum atomic E-state index is -0.252. The van der Waals surface area contributed by atoms with E-state index < -0.39 is 0 Å². The van der Waals surface area contributed by atoms with E-state index in [0.29, 0.717) is 30.9 Å². The van der Waals surface area contributed by atoms with Gasteiger partial charge in [-0.15, -0.1) is 5.10 Å². The second kappa shape index (κ2) is 10.6. The topological polar surface area (TPSA) is 123 Å². The van der Waals surface area contributed by atoms with Gasteiger partial charge in [-0.3, -0.25) is 19.1 Å². The van der Waals surface area contributed by atoms with Crippen LogP contribution in [0.3, 0.4) is 0 Å². The molecule has 1 aliphatic heterocycles. The van der Waals surface area contributed by atoms with E-state index in [1.54, 1.807) is 22.8 Å². The summed E-state index contributed by atoms with van der Waals surface area (Å²) >= 11 is 0. The lowest BCUT2D eigenvalue weighted by Crippen LogP contribution is -2.39. The maximum absolute atomic E-state index is 12.2. The number of amides is 2. The Balaban J connectivity index is 1.38. The van der Waals surface area contributed by atoms with Crippen LogP contribution in [0.2, 0.25) is 0 Å². The van der Waals surface area contributed by atoms with Gasteiger partial charge < -0.3 is 10.2 Å². The normalized spacial score (nSPS) is 14.0. The quantitative estimate of drug-likeness (QED) is 0.565. The predicted molar refractivity (Wildman–Crippen MR) is 108 cm³/mol. The van der Waals surface area contributed by atoms with E-state index in [2.05, 4.69) is 25.8 Å². The summed E-state index contributed by atoms with van der Waals surface area (Å²) in [5.41, 5.74) is 1.79. The van der Waals surface area contributed by atoms with E-state index in [9.17, 15) is 14.4 Å². The minimum absolute atomic E-state index is 0.0174. The number of hydrogen-bond acceptors (Lipinski definition) is 7. The van der Waals surface area contributed by atoms with Crippen molar-refractivity contribution in [2.45, 2.75) is 51.5 Å². The van der Waals surface area contributed by atoms with Crippen molar-refractivity contribution in [2.24, 2.45) is 0 Å². The van der Waals surface area contributed by atoms with Gasteiger partial charge in [0.1, 0.15) is 0 Å². The Labute approximate surface area is 175 Å². The van der Waals surface area contributed by atoms with Crippen LogP contribution in [0, 0.1) is 0 Å². The molecular formula is C20H27N7O3. The molecule has 10 nitrogen and oxygen atoms in total. The number of aryl methyl sites for hydroxylation is 2. The molecule has 1 fully saturated rings. The average Bonchev–Trinajstić information content (AvgIpc) is 3.22. The fraction of sp³-hybridized carbons (Fsp3) is 0.550. The van der Waals surface area contributed by atoms with Crippen molar-refractivity contribution in [1.29, 1.82) is 0 Å². The Morgan fingerprint density at radius 1 is 1.10 bits per heavy atom. The van der Waals surface area contributed by atoms with E-state index in [4.69, 9.17) is 0 Å². The van der Waals surface area contributed by atoms with Crippen LogP contribution in [0.15, 0.2) is 18.3 Å². The lowest BCUT2D eigenvalue weighted by molar-refractivity contribution is -0.137. The van der Waals surface area contributed by atoms with E-state index in [0.717, 1.165) is 37.8 Å². The first-order valence-electron chi connectivity index (χ1n) is 10.3. The Morgan fingerprint density at radius 2 is 1.90 bits per heavy atom. The number of carbonyl (C=O) groups is 3. The van der Waals surface area contributed by atoms with Gasteiger partial charge in [0, 0.05) is 26.6 Å². The van der Waals surface area contributed by atoms with Crippen molar-refractivity contribution < 1.29 is 14.4 Å². The molecule has 10 heteroatoms. The number of carbonyl (C=O) groups excluding carboxylic acids is 3. The molecule has 2 aromatic heterocycles. The highest BCUT2D eigenvalue weighted by Crippen LogP contribution is 2.11. The Morgan fingerprint density at radius 3 is 2.63 bits per heavy atom. The van der Waals surface area contributed by atoms with Gasteiger partial charge >= 0.3 is 0 Å². The van der Waals surface area contributed by atoms with Crippen molar-refractivity contribution in [1.82, 2.24) is 35.4 Å². The summed E-state index contributed by atoms with van der Waals surface area (Å²) < 4.78 is 1.65. The van der Waals surface area contributed by atoms with Crippen LogP contribution in [0.1, 0.15) is 54.0 Å². The van der Waals surface area contributed by atoms with Crippen LogP contribution in [-0.4, -0.2) is 67.8 Å². The number of nitrogens with one attached hydrogen (secondary N) is 1. The van der Waals surface area contributed by atoms with E-state index >= 15 is 0 Å². The van der Waals surface area contributed by atoms with Crippen LogP contribution in [0.25, 0.3) is 0 Å². The van der Waals surface area contributed by atoms with Crippen LogP contribution >= 0.6 is 0 Å². The molecule has 0 saturated carbocycles. The van der Waals surface area contributed by atoms with Crippen LogP contribution in [0.5, 0.6) is 0 Å². The Kier molecular flexibility index (Phi) is 7.58. The zero-order valence-electron chi connectivity index (χ0n) is 17.2.